The van der Waals surface area contributed by atoms with E-state index in [4.69, 9.17) is 11.5 Å². The fourth-order valence-corrected chi connectivity index (χ4v) is 1.28. The van der Waals surface area contributed by atoms with E-state index >= 15 is 0 Å². The molecule has 0 heterocycles. The number of primary amides is 1. The normalized spacial score (nSPS) is 19.9. The summed E-state index contributed by atoms with van der Waals surface area (Å²) in [6.07, 6.45) is 2.50. The summed E-state index contributed by atoms with van der Waals surface area (Å²) in [4.78, 5) is 21.9. The Kier molecular flexibility index (Phi) is 3.46. The molecular formula is C9H17N3O2. The Hall–Kier alpha value is -1.10. The van der Waals surface area contributed by atoms with Crippen LogP contribution in [0.2, 0.25) is 0 Å². The van der Waals surface area contributed by atoms with Crippen LogP contribution in [0.5, 0.6) is 0 Å². The Morgan fingerprint density at radius 1 is 1.50 bits per heavy atom. The molecule has 2 atom stereocenters. The van der Waals surface area contributed by atoms with Crippen LogP contribution in [0.1, 0.15) is 26.2 Å². The van der Waals surface area contributed by atoms with Crippen molar-refractivity contribution in [1.29, 1.82) is 0 Å². The van der Waals surface area contributed by atoms with Crippen LogP contribution in [0, 0.1) is 5.92 Å². The third-order valence-corrected chi connectivity index (χ3v) is 2.45. The van der Waals surface area contributed by atoms with Gasteiger partial charge in [0.25, 0.3) is 0 Å². The molecule has 5 nitrogen and oxygen atoms in total. The van der Waals surface area contributed by atoms with E-state index in [1.165, 1.54) is 0 Å². The molecule has 0 aromatic rings. The minimum Gasteiger partial charge on any atom is -0.368 e. The summed E-state index contributed by atoms with van der Waals surface area (Å²) < 4.78 is 0. The summed E-state index contributed by atoms with van der Waals surface area (Å²) in [7, 11) is 0. The minimum atomic E-state index is -0.617. The number of hydrogen-bond acceptors (Lipinski definition) is 3. The Balaban J connectivity index is 2.24. The average molecular weight is 199 g/mol. The van der Waals surface area contributed by atoms with Gasteiger partial charge in [-0.3, -0.25) is 9.59 Å². The number of nitrogens with two attached hydrogens (primary N) is 2. The van der Waals surface area contributed by atoms with E-state index in [0.717, 1.165) is 12.8 Å². The van der Waals surface area contributed by atoms with Crippen molar-refractivity contribution in [2.75, 3.05) is 0 Å². The molecule has 1 saturated carbocycles. The highest BCUT2D eigenvalue weighted by Gasteiger charge is 2.30. The molecule has 0 aliphatic heterocycles. The van der Waals surface area contributed by atoms with Gasteiger partial charge in [-0.1, -0.05) is 0 Å². The van der Waals surface area contributed by atoms with Gasteiger partial charge in [0.15, 0.2) is 0 Å². The monoisotopic (exact) mass is 199 g/mol. The van der Waals surface area contributed by atoms with Gasteiger partial charge in [-0.25, -0.2) is 0 Å². The smallest absolute Gasteiger partial charge is 0.239 e. The molecule has 5 heteroatoms. The zero-order valence-corrected chi connectivity index (χ0v) is 8.32. The number of nitrogens with one attached hydrogen (secondary N) is 1. The van der Waals surface area contributed by atoms with Crippen LogP contribution in [0.15, 0.2) is 0 Å². The second kappa shape index (κ2) is 4.41. The lowest BCUT2D eigenvalue weighted by Crippen LogP contribution is -2.44. The molecule has 0 aromatic carbocycles. The number of carbonyl (C=O) groups excluding carboxylic acids is 2. The van der Waals surface area contributed by atoms with E-state index in [9.17, 15) is 9.59 Å². The number of hydrogen-bond donors (Lipinski definition) is 3. The fourth-order valence-electron chi connectivity index (χ4n) is 1.28. The molecular weight excluding hydrogens is 182 g/mol. The molecule has 1 aliphatic carbocycles. The van der Waals surface area contributed by atoms with Crippen LogP contribution in [0.25, 0.3) is 0 Å². The van der Waals surface area contributed by atoms with Gasteiger partial charge < -0.3 is 16.8 Å². The summed E-state index contributed by atoms with van der Waals surface area (Å²) in [6.45, 7) is 1.56. The van der Waals surface area contributed by atoms with Crippen molar-refractivity contribution in [1.82, 2.24) is 5.32 Å². The number of carbonyl (C=O) groups is 2. The van der Waals surface area contributed by atoms with Gasteiger partial charge >= 0.3 is 0 Å². The molecule has 0 radical (unpaired) electrons. The van der Waals surface area contributed by atoms with E-state index < -0.39 is 11.9 Å². The van der Waals surface area contributed by atoms with E-state index in [1.54, 1.807) is 6.92 Å². The van der Waals surface area contributed by atoms with E-state index in [2.05, 4.69) is 5.32 Å². The zero-order valence-electron chi connectivity index (χ0n) is 8.32. The Morgan fingerprint density at radius 2 is 2.07 bits per heavy atom. The summed E-state index contributed by atoms with van der Waals surface area (Å²) in [5.41, 5.74) is 10.8. The SMILES string of the molecule is CC(NC(=O)CC(N)C1CC1)C(N)=O. The lowest BCUT2D eigenvalue weighted by Gasteiger charge is -2.13. The molecule has 5 N–H and O–H groups in total. The van der Waals surface area contributed by atoms with Gasteiger partial charge in [0, 0.05) is 12.5 Å². The minimum absolute atomic E-state index is 0.0740. The lowest BCUT2D eigenvalue weighted by molar-refractivity contribution is -0.127. The van der Waals surface area contributed by atoms with Crippen molar-refractivity contribution in [3.05, 3.63) is 0 Å². The standard InChI is InChI=1S/C9H17N3O2/c1-5(9(11)14)12-8(13)4-7(10)6-2-3-6/h5-7H,2-4,10H2,1H3,(H2,11,14)(H,12,13). The van der Waals surface area contributed by atoms with Crippen molar-refractivity contribution in [3.8, 4) is 0 Å². The van der Waals surface area contributed by atoms with Crippen molar-refractivity contribution >= 4 is 11.8 Å². The van der Waals surface area contributed by atoms with Crippen molar-refractivity contribution in [2.45, 2.75) is 38.3 Å². The summed E-state index contributed by atoms with van der Waals surface area (Å²) >= 11 is 0. The van der Waals surface area contributed by atoms with E-state index in [0.29, 0.717) is 5.92 Å². The quantitative estimate of drug-likeness (QED) is 0.535. The van der Waals surface area contributed by atoms with Crippen LogP contribution in [0.3, 0.4) is 0 Å². The Labute approximate surface area is 83.2 Å². The topological polar surface area (TPSA) is 98.2 Å². The van der Waals surface area contributed by atoms with Gasteiger partial charge in [-0.2, -0.15) is 0 Å². The summed E-state index contributed by atoms with van der Waals surface area (Å²) in [5, 5.41) is 2.50. The van der Waals surface area contributed by atoms with Gasteiger partial charge in [-0.05, 0) is 25.7 Å². The largest absolute Gasteiger partial charge is 0.368 e. The number of rotatable bonds is 5. The Morgan fingerprint density at radius 3 is 2.50 bits per heavy atom. The van der Waals surface area contributed by atoms with Gasteiger partial charge in [-0.15, -0.1) is 0 Å². The highest BCUT2D eigenvalue weighted by molar-refractivity contribution is 5.86. The van der Waals surface area contributed by atoms with Gasteiger partial charge in [0.2, 0.25) is 11.8 Å². The fraction of sp³-hybridized carbons (Fsp3) is 0.778. The molecule has 1 fully saturated rings. The summed E-state index contributed by atoms with van der Waals surface area (Å²) in [6, 6.07) is -0.691. The molecule has 1 rings (SSSR count). The Bertz CT molecular complexity index is 238. The molecule has 2 unspecified atom stereocenters. The van der Waals surface area contributed by atoms with Crippen LogP contribution >= 0.6 is 0 Å². The van der Waals surface area contributed by atoms with E-state index in [-0.39, 0.29) is 18.4 Å². The van der Waals surface area contributed by atoms with Crippen molar-refractivity contribution in [2.24, 2.45) is 17.4 Å². The predicted octanol–water partition coefficient (Wildman–Crippen LogP) is -0.896. The maximum absolute atomic E-state index is 11.3. The maximum Gasteiger partial charge on any atom is 0.239 e. The second-order valence-corrected chi connectivity index (χ2v) is 3.90. The molecule has 2 amide bonds. The molecule has 1 aliphatic rings. The highest BCUT2D eigenvalue weighted by Crippen LogP contribution is 2.32. The van der Waals surface area contributed by atoms with Crippen molar-refractivity contribution < 1.29 is 9.59 Å². The van der Waals surface area contributed by atoms with Gasteiger partial charge in [0.1, 0.15) is 6.04 Å². The van der Waals surface area contributed by atoms with Crippen LogP contribution in [-0.4, -0.2) is 23.9 Å². The average Bonchev–Trinajstić information content (AvgIpc) is 2.85. The third kappa shape index (κ3) is 3.33. The van der Waals surface area contributed by atoms with Crippen LogP contribution in [-0.2, 0) is 9.59 Å². The first-order valence-electron chi connectivity index (χ1n) is 4.85. The molecule has 14 heavy (non-hydrogen) atoms. The summed E-state index contributed by atoms with van der Waals surface area (Å²) in [5.74, 6) is -0.237. The maximum atomic E-state index is 11.3. The van der Waals surface area contributed by atoms with Crippen LogP contribution < -0.4 is 16.8 Å². The first-order valence-corrected chi connectivity index (χ1v) is 4.85. The molecule has 0 spiro atoms. The zero-order chi connectivity index (χ0) is 10.7. The molecule has 0 saturated heterocycles. The van der Waals surface area contributed by atoms with Gasteiger partial charge in [0.05, 0.1) is 0 Å². The van der Waals surface area contributed by atoms with E-state index in [1.807, 2.05) is 0 Å². The van der Waals surface area contributed by atoms with Crippen molar-refractivity contribution in [3.63, 3.8) is 0 Å². The second-order valence-electron chi connectivity index (χ2n) is 3.90. The highest BCUT2D eigenvalue weighted by atomic mass is 16.2. The van der Waals surface area contributed by atoms with Crippen LogP contribution in [0.4, 0.5) is 0 Å². The lowest BCUT2D eigenvalue weighted by atomic mass is 10.1. The first kappa shape index (κ1) is 11.0. The predicted molar refractivity (Wildman–Crippen MR) is 52.1 cm³/mol. The molecule has 80 valence electrons. The molecule has 0 aromatic heterocycles. The molecule has 0 bridgehead atoms. The third-order valence-electron chi connectivity index (χ3n) is 2.45. The first-order chi connectivity index (χ1) is 6.50. The number of amides is 2.